The van der Waals surface area contributed by atoms with Gasteiger partial charge in [-0.1, -0.05) is 48.5 Å². The number of aliphatic hydroxyl groups is 1. The van der Waals surface area contributed by atoms with Gasteiger partial charge in [-0.05, 0) is 35.6 Å². The minimum atomic E-state index is -0.531. The average molecular weight is 299 g/mol. The molecule has 0 spiro atoms. The Morgan fingerprint density at radius 3 is 2.62 bits per heavy atom. The van der Waals surface area contributed by atoms with Crippen molar-refractivity contribution >= 4 is 17.9 Å². The lowest BCUT2D eigenvalue weighted by molar-refractivity contribution is 0.0845. The highest BCUT2D eigenvalue weighted by Crippen LogP contribution is 2.30. The molecule has 2 aromatic carbocycles. The summed E-state index contributed by atoms with van der Waals surface area (Å²) in [7, 11) is 0. The smallest absolute Gasteiger partial charge is 0.264 e. The van der Waals surface area contributed by atoms with Crippen molar-refractivity contribution in [1.82, 2.24) is 4.31 Å². The molecule has 1 heterocycles. The lowest BCUT2D eigenvalue weighted by atomic mass is 10.1. The van der Waals surface area contributed by atoms with Gasteiger partial charge in [0.05, 0.1) is 6.10 Å². The van der Waals surface area contributed by atoms with Gasteiger partial charge >= 0.3 is 0 Å². The van der Waals surface area contributed by atoms with E-state index >= 15 is 0 Å². The van der Waals surface area contributed by atoms with Gasteiger partial charge < -0.3 is 5.11 Å². The molecule has 21 heavy (non-hydrogen) atoms. The molecule has 1 atom stereocenters. The molecule has 0 fully saturated rings. The van der Waals surface area contributed by atoms with Crippen molar-refractivity contribution in [1.29, 1.82) is 0 Å². The van der Waals surface area contributed by atoms with Crippen molar-refractivity contribution in [2.75, 3.05) is 6.54 Å². The number of fused-ring (bicyclic) bond motifs is 1. The molecule has 1 amide bonds. The Kier molecular flexibility index (Phi) is 4.27. The molecule has 0 aromatic heterocycles. The van der Waals surface area contributed by atoms with Crippen LogP contribution in [0.2, 0.25) is 0 Å². The Bertz CT molecular complexity index is 630. The van der Waals surface area contributed by atoms with Gasteiger partial charge in [0, 0.05) is 17.9 Å². The van der Waals surface area contributed by atoms with Crippen LogP contribution in [0.4, 0.5) is 0 Å². The first kappa shape index (κ1) is 14.2. The molecule has 1 unspecified atom stereocenters. The summed E-state index contributed by atoms with van der Waals surface area (Å²) in [5.41, 5.74) is 2.77. The maximum atomic E-state index is 12.4. The molecule has 0 saturated heterocycles. The maximum Gasteiger partial charge on any atom is 0.264 e. The Morgan fingerprint density at radius 2 is 1.81 bits per heavy atom. The van der Waals surface area contributed by atoms with E-state index in [1.54, 1.807) is 4.31 Å². The van der Waals surface area contributed by atoms with Crippen LogP contribution < -0.4 is 0 Å². The van der Waals surface area contributed by atoms with Crippen LogP contribution in [0.5, 0.6) is 0 Å². The van der Waals surface area contributed by atoms with Crippen LogP contribution in [-0.2, 0) is 5.75 Å². The van der Waals surface area contributed by atoms with E-state index in [9.17, 15) is 9.90 Å². The van der Waals surface area contributed by atoms with E-state index < -0.39 is 6.10 Å². The van der Waals surface area contributed by atoms with E-state index in [2.05, 4.69) is 0 Å². The summed E-state index contributed by atoms with van der Waals surface area (Å²) in [4.78, 5) is 12.4. The topological polar surface area (TPSA) is 40.5 Å². The third-order valence-electron chi connectivity index (χ3n) is 3.64. The summed E-state index contributed by atoms with van der Waals surface area (Å²) < 4.78 is 1.76. The summed E-state index contributed by atoms with van der Waals surface area (Å²) in [6.45, 7) is 0.549. The van der Waals surface area contributed by atoms with Crippen LogP contribution in [-0.4, -0.2) is 21.9 Å². The van der Waals surface area contributed by atoms with Gasteiger partial charge in [0.1, 0.15) is 0 Å². The molecule has 0 radical (unpaired) electrons. The molecular formula is C17H17NO2S. The van der Waals surface area contributed by atoms with E-state index in [-0.39, 0.29) is 5.91 Å². The second-order valence-corrected chi connectivity index (χ2v) is 6.04. The van der Waals surface area contributed by atoms with Gasteiger partial charge in [0.2, 0.25) is 0 Å². The SMILES string of the molecule is O=C1c2ccccc2CSN1CCC(O)c1ccccc1. The molecule has 0 saturated carbocycles. The molecular weight excluding hydrogens is 282 g/mol. The molecule has 4 heteroatoms. The van der Waals surface area contributed by atoms with Crippen LogP contribution in [0.1, 0.15) is 34.0 Å². The van der Waals surface area contributed by atoms with E-state index in [4.69, 9.17) is 0 Å². The second-order valence-electron chi connectivity index (χ2n) is 5.05. The van der Waals surface area contributed by atoms with Crippen molar-refractivity contribution in [3.8, 4) is 0 Å². The van der Waals surface area contributed by atoms with Crippen LogP contribution in [0.25, 0.3) is 0 Å². The molecule has 1 aliphatic heterocycles. The summed E-state index contributed by atoms with van der Waals surface area (Å²) in [6.07, 6.45) is 0.0158. The zero-order valence-electron chi connectivity index (χ0n) is 11.6. The lowest BCUT2D eigenvalue weighted by Gasteiger charge is -2.28. The van der Waals surface area contributed by atoms with Crippen molar-refractivity contribution in [2.24, 2.45) is 0 Å². The highest BCUT2D eigenvalue weighted by molar-refractivity contribution is 7.96. The Labute approximate surface area is 128 Å². The first-order valence-corrected chi connectivity index (χ1v) is 7.95. The first-order chi connectivity index (χ1) is 10.3. The third kappa shape index (κ3) is 3.12. The van der Waals surface area contributed by atoms with Crippen molar-refractivity contribution in [3.05, 3.63) is 71.3 Å². The number of rotatable bonds is 4. The van der Waals surface area contributed by atoms with Crippen molar-refractivity contribution in [3.63, 3.8) is 0 Å². The third-order valence-corrected chi connectivity index (χ3v) is 4.74. The number of benzene rings is 2. The van der Waals surface area contributed by atoms with Gasteiger partial charge in [0.25, 0.3) is 5.91 Å². The van der Waals surface area contributed by atoms with Gasteiger partial charge in [-0.2, -0.15) is 0 Å². The first-order valence-electron chi connectivity index (χ1n) is 7.01. The zero-order valence-corrected chi connectivity index (χ0v) is 12.4. The second kappa shape index (κ2) is 6.33. The number of hydrogen-bond acceptors (Lipinski definition) is 3. The normalized spacial score (nSPS) is 15.7. The number of carbonyl (C=O) groups excluding carboxylic acids is 1. The predicted octanol–water partition coefficient (Wildman–Crippen LogP) is 3.41. The van der Waals surface area contributed by atoms with Gasteiger partial charge in [-0.3, -0.25) is 9.10 Å². The number of hydrogen-bond donors (Lipinski definition) is 1. The highest BCUT2D eigenvalue weighted by Gasteiger charge is 2.25. The lowest BCUT2D eigenvalue weighted by Crippen LogP contribution is -2.30. The monoisotopic (exact) mass is 299 g/mol. The molecule has 108 valence electrons. The molecule has 0 bridgehead atoms. The minimum absolute atomic E-state index is 0.0436. The number of aliphatic hydroxyl groups excluding tert-OH is 1. The number of carbonyl (C=O) groups is 1. The molecule has 0 aliphatic carbocycles. The van der Waals surface area contributed by atoms with Crippen LogP contribution in [0.3, 0.4) is 0 Å². The largest absolute Gasteiger partial charge is 0.388 e. The zero-order chi connectivity index (χ0) is 14.7. The fraction of sp³-hybridized carbons (Fsp3) is 0.235. The van der Waals surface area contributed by atoms with E-state index in [0.29, 0.717) is 13.0 Å². The number of nitrogens with zero attached hydrogens (tertiary/aromatic N) is 1. The maximum absolute atomic E-state index is 12.4. The standard InChI is InChI=1S/C17H17NO2S/c19-16(13-6-2-1-3-7-13)10-11-18-17(20)15-9-5-4-8-14(15)12-21-18/h1-9,16,19H,10-12H2. The van der Waals surface area contributed by atoms with Gasteiger partial charge in [-0.15, -0.1) is 0 Å². The fourth-order valence-corrected chi connectivity index (χ4v) is 3.44. The van der Waals surface area contributed by atoms with Crippen LogP contribution in [0, 0.1) is 0 Å². The van der Waals surface area contributed by atoms with E-state index in [1.165, 1.54) is 11.9 Å². The molecule has 1 N–H and O–H groups in total. The van der Waals surface area contributed by atoms with Gasteiger partial charge in [-0.25, -0.2) is 0 Å². The van der Waals surface area contributed by atoms with Gasteiger partial charge in [0.15, 0.2) is 0 Å². The molecule has 2 aromatic rings. The van der Waals surface area contributed by atoms with Crippen molar-refractivity contribution in [2.45, 2.75) is 18.3 Å². The van der Waals surface area contributed by atoms with E-state index in [0.717, 1.165) is 22.4 Å². The Hall–Kier alpha value is -1.78. The fourth-order valence-electron chi connectivity index (χ4n) is 2.44. The molecule has 3 nitrogen and oxygen atoms in total. The summed E-state index contributed by atoms with van der Waals surface area (Å²) in [6, 6.07) is 17.3. The van der Waals surface area contributed by atoms with Crippen LogP contribution in [0.15, 0.2) is 54.6 Å². The van der Waals surface area contributed by atoms with Crippen LogP contribution >= 0.6 is 11.9 Å². The molecule has 1 aliphatic rings. The summed E-state index contributed by atoms with van der Waals surface area (Å²) >= 11 is 1.52. The summed E-state index contributed by atoms with van der Waals surface area (Å²) in [5.74, 6) is 0.852. The van der Waals surface area contributed by atoms with E-state index in [1.807, 2.05) is 54.6 Å². The Morgan fingerprint density at radius 1 is 1.10 bits per heavy atom. The summed E-state index contributed by atoms with van der Waals surface area (Å²) in [5, 5.41) is 10.2. The molecule has 3 rings (SSSR count). The quantitative estimate of drug-likeness (QED) is 0.880. The minimum Gasteiger partial charge on any atom is -0.388 e. The Balaban J connectivity index is 1.63. The average Bonchev–Trinajstić information content (AvgIpc) is 2.55. The highest BCUT2D eigenvalue weighted by atomic mass is 32.2. The number of amides is 1. The van der Waals surface area contributed by atoms with Crippen molar-refractivity contribution < 1.29 is 9.90 Å². The predicted molar refractivity (Wildman–Crippen MR) is 84.8 cm³/mol.